The van der Waals surface area contributed by atoms with Gasteiger partial charge in [-0.3, -0.25) is 4.68 Å². The fourth-order valence-electron chi connectivity index (χ4n) is 5.38. The number of benzene rings is 2. The predicted octanol–water partition coefficient (Wildman–Crippen LogP) is 4.95. The van der Waals surface area contributed by atoms with E-state index in [9.17, 15) is 5.11 Å². The van der Waals surface area contributed by atoms with Crippen molar-refractivity contribution in [2.24, 2.45) is 13.0 Å². The molecular formula is C28H31N5O2S. The van der Waals surface area contributed by atoms with Gasteiger partial charge in [0.2, 0.25) is 0 Å². The molecule has 0 atom stereocenters. The summed E-state index contributed by atoms with van der Waals surface area (Å²) in [5.74, 6) is 4.84. The van der Waals surface area contributed by atoms with Gasteiger partial charge in [-0.2, -0.15) is 27.1 Å². The van der Waals surface area contributed by atoms with Crippen LogP contribution in [0.5, 0.6) is 11.5 Å². The van der Waals surface area contributed by atoms with Crippen LogP contribution >= 0.6 is 11.8 Å². The van der Waals surface area contributed by atoms with E-state index in [2.05, 4.69) is 44.1 Å². The van der Waals surface area contributed by atoms with Gasteiger partial charge in [0.1, 0.15) is 17.0 Å². The third-order valence-electron chi connectivity index (χ3n) is 7.43. The van der Waals surface area contributed by atoms with E-state index in [4.69, 9.17) is 4.74 Å². The van der Waals surface area contributed by atoms with Crippen LogP contribution in [0.2, 0.25) is 0 Å². The molecule has 2 aromatic heterocycles. The van der Waals surface area contributed by atoms with E-state index in [1.807, 2.05) is 37.5 Å². The van der Waals surface area contributed by atoms with Crippen LogP contribution in [0, 0.1) is 5.92 Å². The zero-order valence-electron chi connectivity index (χ0n) is 20.7. The van der Waals surface area contributed by atoms with Crippen LogP contribution in [-0.4, -0.2) is 68.2 Å². The molecule has 0 saturated carbocycles. The Labute approximate surface area is 215 Å². The summed E-state index contributed by atoms with van der Waals surface area (Å²) in [5, 5.41) is 25.3. The van der Waals surface area contributed by atoms with Crippen molar-refractivity contribution < 1.29 is 9.84 Å². The zero-order chi connectivity index (χ0) is 24.6. The summed E-state index contributed by atoms with van der Waals surface area (Å²) in [6.07, 6.45) is 4.67. The first-order chi connectivity index (χ1) is 17.6. The molecule has 0 amide bonds. The molecule has 2 aliphatic rings. The minimum Gasteiger partial charge on any atom is -0.507 e. The molecule has 8 heteroatoms. The lowest BCUT2D eigenvalue weighted by molar-refractivity contribution is 0.118. The molecule has 0 aliphatic carbocycles. The summed E-state index contributed by atoms with van der Waals surface area (Å²) < 4.78 is 7.33. The van der Waals surface area contributed by atoms with E-state index in [0.29, 0.717) is 22.9 Å². The van der Waals surface area contributed by atoms with Crippen molar-refractivity contribution in [3.63, 3.8) is 0 Å². The Balaban J connectivity index is 1.15. The van der Waals surface area contributed by atoms with Gasteiger partial charge in [0.15, 0.2) is 0 Å². The van der Waals surface area contributed by atoms with Gasteiger partial charge >= 0.3 is 0 Å². The van der Waals surface area contributed by atoms with Crippen LogP contribution in [0.15, 0.2) is 48.7 Å². The lowest BCUT2D eigenvalue weighted by Crippen LogP contribution is -2.47. The maximum absolute atomic E-state index is 10.9. The quantitative estimate of drug-likeness (QED) is 0.400. The molecular weight excluding hydrogens is 470 g/mol. The largest absolute Gasteiger partial charge is 0.507 e. The number of aromatic nitrogens is 4. The van der Waals surface area contributed by atoms with Crippen LogP contribution < -0.4 is 4.74 Å². The zero-order valence-corrected chi connectivity index (χ0v) is 21.5. The van der Waals surface area contributed by atoms with Gasteiger partial charge < -0.3 is 14.7 Å². The van der Waals surface area contributed by atoms with Crippen molar-refractivity contribution >= 4 is 22.7 Å². The highest BCUT2D eigenvalue weighted by Gasteiger charge is 2.31. The monoisotopic (exact) mass is 501 g/mol. The fraction of sp³-hybridized carbons (Fsp3) is 0.393. The second-order valence-corrected chi connectivity index (χ2v) is 11.2. The Morgan fingerprint density at radius 2 is 1.86 bits per heavy atom. The number of likely N-dealkylation sites (tertiary alicyclic amines) is 1. The Morgan fingerprint density at radius 1 is 1.03 bits per heavy atom. The van der Waals surface area contributed by atoms with Gasteiger partial charge in [0.25, 0.3) is 0 Å². The van der Waals surface area contributed by atoms with Gasteiger partial charge in [0, 0.05) is 49.7 Å². The molecule has 4 aromatic rings. The number of hydrogen-bond acceptors (Lipinski definition) is 7. The van der Waals surface area contributed by atoms with Gasteiger partial charge in [0.05, 0.1) is 18.5 Å². The molecule has 1 N–H and O–H groups in total. The highest BCUT2D eigenvalue weighted by atomic mass is 32.2. The van der Waals surface area contributed by atoms with E-state index in [0.717, 1.165) is 46.7 Å². The summed E-state index contributed by atoms with van der Waals surface area (Å²) in [6, 6.07) is 13.7. The molecule has 186 valence electrons. The highest BCUT2D eigenvalue weighted by Crippen LogP contribution is 2.37. The van der Waals surface area contributed by atoms with E-state index < -0.39 is 0 Å². The molecule has 36 heavy (non-hydrogen) atoms. The standard InChI is InChI=1S/C28H31N5O2S/c1-32-15-21-11-20(13-27(35-2)28(21)31-32)19-3-4-23(26(34)12-19)25-6-5-24(29-30-25)22-16-33(17-22)14-18-7-9-36-10-8-18/h3-6,11-13,15,18,22,34H,7-10,14,16-17H2,1-2H3. The molecule has 2 saturated heterocycles. The van der Waals surface area contributed by atoms with E-state index >= 15 is 0 Å². The van der Waals surface area contributed by atoms with Gasteiger partial charge in [-0.15, -0.1) is 0 Å². The van der Waals surface area contributed by atoms with E-state index in [1.165, 1.54) is 30.9 Å². The average molecular weight is 502 g/mol. The molecule has 0 unspecified atom stereocenters. The molecule has 0 spiro atoms. The number of phenolic OH excluding ortho intramolecular Hbond substituents is 1. The SMILES string of the molecule is COc1cc(-c2ccc(-c3ccc(C4CN(CC5CCSCC5)C4)nn3)c(O)c2)cc2cn(C)nc12. The molecule has 2 aromatic carbocycles. The van der Waals surface area contributed by atoms with Crippen molar-refractivity contribution in [2.75, 3.05) is 38.2 Å². The van der Waals surface area contributed by atoms with Crippen LogP contribution in [0.25, 0.3) is 33.3 Å². The third kappa shape index (κ3) is 4.55. The van der Waals surface area contributed by atoms with Crippen molar-refractivity contribution in [2.45, 2.75) is 18.8 Å². The van der Waals surface area contributed by atoms with Crippen molar-refractivity contribution in [1.29, 1.82) is 0 Å². The van der Waals surface area contributed by atoms with Crippen LogP contribution in [0.1, 0.15) is 24.5 Å². The number of fused-ring (bicyclic) bond motifs is 1. The summed E-state index contributed by atoms with van der Waals surface area (Å²) >= 11 is 2.09. The normalized spacial score (nSPS) is 17.4. The van der Waals surface area contributed by atoms with Crippen molar-refractivity contribution in [3.05, 3.63) is 54.4 Å². The maximum Gasteiger partial charge on any atom is 0.147 e. The first-order valence-electron chi connectivity index (χ1n) is 12.6. The van der Waals surface area contributed by atoms with Crippen molar-refractivity contribution in [3.8, 4) is 33.9 Å². The maximum atomic E-state index is 10.9. The minimum absolute atomic E-state index is 0.181. The summed E-state index contributed by atoms with van der Waals surface area (Å²) in [7, 11) is 3.54. The Hall–Kier alpha value is -3.10. The molecule has 6 rings (SSSR count). The first kappa shape index (κ1) is 23.3. The highest BCUT2D eigenvalue weighted by molar-refractivity contribution is 7.99. The Bertz CT molecular complexity index is 1370. The summed E-state index contributed by atoms with van der Waals surface area (Å²) in [6.45, 7) is 3.37. The Kier molecular flexibility index (Phi) is 6.31. The number of thioether (sulfide) groups is 1. The predicted molar refractivity (Wildman–Crippen MR) is 145 cm³/mol. The lowest BCUT2D eigenvalue weighted by atomic mass is 9.92. The number of rotatable bonds is 6. The number of nitrogens with zero attached hydrogens (tertiary/aromatic N) is 5. The van der Waals surface area contributed by atoms with Crippen LogP contribution in [0.3, 0.4) is 0 Å². The topological polar surface area (TPSA) is 76.3 Å². The van der Waals surface area contributed by atoms with Gasteiger partial charge in [-0.1, -0.05) is 6.07 Å². The minimum atomic E-state index is 0.181. The molecule has 2 fully saturated rings. The van der Waals surface area contributed by atoms with E-state index in [-0.39, 0.29) is 5.75 Å². The second kappa shape index (κ2) is 9.75. The van der Waals surface area contributed by atoms with Crippen LogP contribution in [0.4, 0.5) is 0 Å². The average Bonchev–Trinajstić information content (AvgIpc) is 3.26. The van der Waals surface area contributed by atoms with Crippen molar-refractivity contribution in [1.82, 2.24) is 24.9 Å². The molecule has 0 radical (unpaired) electrons. The number of methoxy groups -OCH3 is 1. The van der Waals surface area contributed by atoms with Crippen LogP contribution in [-0.2, 0) is 7.05 Å². The molecule has 4 heterocycles. The van der Waals surface area contributed by atoms with E-state index in [1.54, 1.807) is 17.9 Å². The number of phenols is 1. The van der Waals surface area contributed by atoms with Gasteiger partial charge in [-0.05, 0) is 77.8 Å². The second-order valence-electron chi connectivity index (χ2n) is 9.97. The third-order valence-corrected chi connectivity index (χ3v) is 8.48. The molecule has 0 bridgehead atoms. The number of ether oxygens (including phenoxy) is 1. The summed E-state index contributed by atoms with van der Waals surface area (Å²) in [4.78, 5) is 2.56. The fourth-order valence-corrected chi connectivity index (χ4v) is 6.58. The smallest absolute Gasteiger partial charge is 0.147 e. The number of aromatic hydroxyl groups is 1. The lowest BCUT2D eigenvalue weighted by Gasteiger charge is -2.41. The molecule has 7 nitrogen and oxygen atoms in total. The Morgan fingerprint density at radius 3 is 2.58 bits per heavy atom. The number of hydrogen-bond donors (Lipinski definition) is 1. The first-order valence-corrected chi connectivity index (χ1v) is 13.7. The molecule has 2 aliphatic heterocycles. The number of aryl methyl sites for hydroxylation is 1. The van der Waals surface area contributed by atoms with Gasteiger partial charge in [-0.25, -0.2) is 0 Å². The summed E-state index contributed by atoms with van der Waals surface area (Å²) in [5.41, 5.74) is 5.08.